The van der Waals surface area contributed by atoms with Crippen LogP contribution in [-0.2, 0) is 6.42 Å². The first-order valence-electron chi connectivity index (χ1n) is 9.97. The molecule has 1 N–H and O–H groups in total. The summed E-state index contributed by atoms with van der Waals surface area (Å²) in [4.78, 5) is 12.4. The van der Waals surface area contributed by atoms with E-state index in [1.807, 2.05) is 31.2 Å². The lowest BCUT2D eigenvalue weighted by atomic mass is 9.94. The average molecular weight is 406 g/mol. The first kappa shape index (κ1) is 19.9. The molecule has 0 aliphatic heterocycles. The molecule has 6 heteroatoms. The number of hydrogen-bond donors (Lipinski definition) is 1. The molecule has 4 rings (SSSR count). The highest BCUT2D eigenvalue weighted by molar-refractivity contribution is 5.99. The van der Waals surface area contributed by atoms with Crippen LogP contribution in [0.5, 0.6) is 17.2 Å². The van der Waals surface area contributed by atoms with Gasteiger partial charge in [-0.15, -0.1) is 0 Å². The number of methoxy groups -OCH3 is 3. The number of hydrogen-bond acceptors (Lipinski definition) is 5. The largest absolute Gasteiger partial charge is 0.493 e. The smallest absolute Gasteiger partial charge is 0.203 e. The number of ether oxygens (including phenoxy) is 3. The van der Waals surface area contributed by atoms with E-state index in [-0.39, 0.29) is 5.78 Å². The number of carbonyl (C=O) groups excluding carboxylic acids is 1. The summed E-state index contributed by atoms with van der Waals surface area (Å²) < 4.78 is 18.4. The second-order valence-electron chi connectivity index (χ2n) is 7.37. The molecule has 0 bridgehead atoms. The van der Waals surface area contributed by atoms with Crippen molar-refractivity contribution in [2.24, 2.45) is 0 Å². The van der Waals surface area contributed by atoms with Gasteiger partial charge in [-0.05, 0) is 43.5 Å². The molecule has 6 nitrogen and oxygen atoms in total. The Kier molecular flexibility index (Phi) is 5.40. The molecule has 1 aliphatic carbocycles. The van der Waals surface area contributed by atoms with Crippen LogP contribution >= 0.6 is 0 Å². The van der Waals surface area contributed by atoms with E-state index in [1.165, 1.54) is 0 Å². The number of ketones is 1. The maximum absolute atomic E-state index is 12.4. The fourth-order valence-corrected chi connectivity index (χ4v) is 4.14. The summed E-state index contributed by atoms with van der Waals surface area (Å²) in [6, 6.07) is 11.9. The van der Waals surface area contributed by atoms with Gasteiger partial charge in [-0.25, -0.2) is 0 Å². The highest BCUT2D eigenvalue weighted by Crippen LogP contribution is 2.40. The molecule has 0 unspecified atom stereocenters. The molecule has 1 aromatic heterocycles. The third-order valence-electron chi connectivity index (χ3n) is 5.47. The van der Waals surface area contributed by atoms with E-state index in [9.17, 15) is 4.79 Å². The van der Waals surface area contributed by atoms with Gasteiger partial charge >= 0.3 is 0 Å². The summed E-state index contributed by atoms with van der Waals surface area (Å²) in [6.07, 6.45) is 4.52. The van der Waals surface area contributed by atoms with Gasteiger partial charge in [-0.2, -0.15) is 0 Å². The quantitative estimate of drug-likeness (QED) is 0.619. The number of anilines is 2. The Morgan fingerprint density at radius 1 is 0.933 bits per heavy atom. The van der Waals surface area contributed by atoms with Gasteiger partial charge < -0.3 is 24.1 Å². The molecule has 30 heavy (non-hydrogen) atoms. The van der Waals surface area contributed by atoms with Crippen molar-refractivity contribution in [1.82, 2.24) is 4.57 Å². The predicted molar refractivity (Wildman–Crippen MR) is 117 cm³/mol. The molecule has 0 radical (unpaired) electrons. The summed E-state index contributed by atoms with van der Waals surface area (Å²) >= 11 is 0. The van der Waals surface area contributed by atoms with E-state index >= 15 is 0 Å². The van der Waals surface area contributed by atoms with E-state index in [1.54, 1.807) is 21.3 Å². The molecule has 2 aromatic carbocycles. The highest BCUT2D eigenvalue weighted by atomic mass is 16.5. The van der Waals surface area contributed by atoms with Crippen molar-refractivity contribution < 1.29 is 19.0 Å². The highest BCUT2D eigenvalue weighted by Gasteiger charge is 2.24. The number of nitrogens with one attached hydrogen (secondary N) is 1. The van der Waals surface area contributed by atoms with Crippen molar-refractivity contribution >= 4 is 17.2 Å². The molecule has 0 spiro atoms. The summed E-state index contributed by atoms with van der Waals surface area (Å²) in [7, 11) is 4.78. The lowest BCUT2D eigenvalue weighted by Crippen LogP contribution is -2.13. The number of nitrogens with zero attached hydrogens (tertiary/aromatic N) is 1. The van der Waals surface area contributed by atoms with Crippen LogP contribution in [0.2, 0.25) is 0 Å². The number of Topliss-reactive ketones (excluding diaryl/α,β-unsaturated/α-hetero) is 1. The molecule has 0 amide bonds. The topological polar surface area (TPSA) is 61.7 Å². The van der Waals surface area contributed by atoms with Crippen molar-refractivity contribution in [3.63, 3.8) is 0 Å². The molecule has 0 fully saturated rings. The third kappa shape index (κ3) is 3.49. The number of benzene rings is 2. The molecule has 0 saturated heterocycles. The molecule has 1 aliphatic rings. The summed E-state index contributed by atoms with van der Waals surface area (Å²) in [5.74, 6) is 1.98. The summed E-state index contributed by atoms with van der Waals surface area (Å²) in [5, 5.41) is 3.41. The van der Waals surface area contributed by atoms with Crippen LogP contribution < -0.4 is 19.5 Å². The van der Waals surface area contributed by atoms with Crippen LogP contribution in [0.15, 0.2) is 42.6 Å². The maximum Gasteiger partial charge on any atom is 0.203 e. The summed E-state index contributed by atoms with van der Waals surface area (Å²) in [5.41, 5.74) is 5.80. The van der Waals surface area contributed by atoms with E-state index < -0.39 is 0 Å². The van der Waals surface area contributed by atoms with Crippen molar-refractivity contribution in [3.05, 3.63) is 59.4 Å². The Labute approximate surface area is 176 Å². The van der Waals surface area contributed by atoms with Crippen molar-refractivity contribution in [2.45, 2.75) is 26.2 Å². The second-order valence-corrected chi connectivity index (χ2v) is 7.37. The SMILES string of the molecule is COc1cc(Nc2cccc(-n3cc(C)c4c3CCCC4=O)c2)cc(OC)c1OC. The van der Waals surface area contributed by atoms with Gasteiger partial charge in [0, 0.05) is 53.1 Å². The van der Waals surface area contributed by atoms with Crippen molar-refractivity contribution in [2.75, 3.05) is 26.6 Å². The Hall–Kier alpha value is -3.41. The molecular weight excluding hydrogens is 380 g/mol. The van der Waals surface area contributed by atoms with E-state index in [0.717, 1.165) is 46.7 Å². The van der Waals surface area contributed by atoms with E-state index in [4.69, 9.17) is 14.2 Å². The monoisotopic (exact) mass is 406 g/mol. The average Bonchev–Trinajstić information content (AvgIpc) is 3.11. The van der Waals surface area contributed by atoms with Crippen LogP contribution in [0.4, 0.5) is 11.4 Å². The fourth-order valence-electron chi connectivity index (χ4n) is 4.14. The lowest BCUT2D eigenvalue weighted by molar-refractivity contribution is 0.0971. The third-order valence-corrected chi connectivity index (χ3v) is 5.47. The number of aromatic nitrogens is 1. The zero-order valence-electron chi connectivity index (χ0n) is 17.7. The summed E-state index contributed by atoms with van der Waals surface area (Å²) in [6.45, 7) is 2.01. The van der Waals surface area contributed by atoms with E-state index in [0.29, 0.717) is 23.7 Å². The number of aryl methyl sites for hydroxylation is 1. The first-order valence-corrected chi connectivity index (χ1v) is 9.97. The maximum atomic E-state index is 12.4. The number of fused-ring (bicyclic) bond motifs is 1. The van der Waals surface area contributed by atoms with Gasteiger partial charge in [-0.1, -0.05) is 6.07 Å². The van der Waals surface area contributed by atoms with Crippen molar-refractivity contribution in [3.8, 4) is 22.9 Å². The van der Waals surface area contributed by atoms with Gasteiger partial charge in [0.05, 0.1) is 21.3 Å². The van der Waals surface area contributed by atoms with Crippen molar-refractivity contribution in [1.29, 1.82) is 0 Å². The van der Waals surface area contributed by atoms with Crippen LogP contribution in [0, 0.1) is 6.92 Å². The Bertz CT molecular complexity index is 1080. The van der Waals surface area contributed by atoms with Gasteiger partial charge in [0.1, 0.15) is 0 Å². The zero-order valence-corrected chi connectivity index (χ0v) is 17.7. The van der Waals surface area contributed by atoms with Gasteiger partial charge in [0.2, 0.25) is 5.75 Å². The standard InChI is InChI=1S/C24H26N2O4/c1-15-14-26(19-9-6-10-20(27)23(15)19)18-8-5-7-16(11-18)25-17-12-21(28-2)24(30-4)22(13-17)29-3/h5,7-8,11-14,25H,6,9-10H2,1-4H3. The minimum absolute atomic E-state index is 0.249. The lowest BCUT2D eigenvalue weighted by Gasteiger charge is -2.17. The van der Waals surface area contributed by atoms with Crippen LogP contribution in [0.3, 0.4) is 0 Å². The second kappa shape index (κ2) is 8.14. The van der Waals surface area contributed by atoms with Crippen LogP contribution in [0.25, 0.3) is 5.69 Å². The van der Waals surface area contributed by atoms with Gasteiger partial charge in [0.15, 0.2) is 17.3 Å². The molecule has 0 atom stereocenters. The minimum Gasteiger partial charge on any atom is -0.493 e. The fraction of sp³-hybridized carbons (Fsp3) is 0.292. The molecule has 0 saturated carbocycles. The molecule has 3 aromatic rings. The number of rotatable bonds is 6. The van der Waals surface area contributed by atoms with Crippen LogP contribution in [0.1, 0.15) is 34.5 Å². The van der Waals surface area contributed by atoms with Crippen LogP contribution in [-0.4, -0.2) is 31.7 Å². The molecule has 1 heterocycles. The zero-order chi connectivity index (χ0) is 21.3. The minimum atomic E-state index is 0.249. The predicted octanol–water partition coefficient (Wildman–Crippen LogP) is 5.07. The number of carbonyl (C=O) groups is 1. The Morgan fingerprint density at radius 2 is 1.67 bits per heavy atom. The Morgan fingerprint density at radius 3 is 2.33 bits per heavy atom. The van der Waals surface area contributed by atoms with Gasteiger partial charge in [0.25, 0.3) is 0 Å². The Balaban J connectivity index is 1.69. The first-order chi connectivity index (χ1) is 14.5. The normalized spacial score (nSPS) is 13.0. The van der Waals surface area contributed by atoms with Gasteiger partial charge in [-0.3, -0.25) is 4.79 Å². The molecule has 156 valence electrons. The molecular formula is C24H26N2O4. The van der Waals surface area contributed by atoms with E-state index in [2.05, 4.69) is 28.2 Å².